The molecule has 3 aliphatic rings. The molecule has 44 heavy (non-hydrogen) atoms. The minimum absolute atomic E-state index is 1.26. The summed E-state index contributed by atoms with van der Waals surface area (Å²) in [6, 6.07) is 26.4. The lowest BCUT2D eigenvalue weighted by molar-refractivity contribution is 1.08. The summed E-state index contributed by atoms with van der Waals surface area (Å²) in [5, 5.41) is 0. The van der Waals surface area contributed by atoms with E-state index in [2.05, 4.69) is 181 Å². The Balaban J connectivity index is 1.44. The van der Waals surface area contributed by atoms with E-state index < -0.39 is 15.7 Å². The maximum atomic E-state index is 4.43. The van der Waals surface area contributed by atoms with Gasteiger partial charge in [0.2, 0.25) is 0 Å². The third kappa shape index (κ3) is 4.09. The molecule has 3 heterocycles. The standard InChI is InChI=1S/C36H42N6P2/c1-25-13-9-14-26(2)33(25)39-21-22-40(34-27(3)15-10-16-28(34)4)43(39)37-44(38-43)41(35-29(5)17-11-18-30(35)6)23-24-42(44)36-31(7)19-12-20-32(36)8/h9-24,37-38H,1-8H3/q+2. The Kier molecular flexibility index (Phi) is 6.91. The Bertz CT molecular complexity index is 1520. The number of aryl methyl sites for hydroxylation is 8. The van der Waals surface area contributed by atoms with Crippen molar-refractivity contribution in [3.63, 3.8) is 0 Å². The smallest absolute Gasteiger partial charge is 0.166 e. The molecule has 0 bridgehead atoms. The number of benzene rings is 4. The van der Waals surface area contributed by atoms with Crippen LogP contribution in [0.4, 0.5) is 22.7 Å². The molecule has 4 aromatic rings. The zero-order valence-electron chi connectivity index (χ0n) is 26.9. The van der Waals surface area contributed by atoms with Gasteiger partial charge in [0.05, 0.1) is 57.3 Å². The Morgan fingerprint density at radius 2 is 0.523 bits per heavy atom. The molecule has 2 N–H and O–H groups in total. The molecule has 0 aliphatic carbocycles. The molecule has 0 radical (unpaired) electrons. The number of rotatable bonds is 4. The van der Waals surface area contributed by atoms with Crippen molar-refractivity contribution in [2.45, 2.75) is 55.4 Å². The van der Waals surface area contributed by atoms with Crippen LogP contribution in [0, 0.1) is 55.4 Å². The van der Waals surface area contributed by atoms with Crippen molar-refractivity contribution >= 4 is 38.5 Å². The van der Waals surface area contributed by atoms with Gasteiger partial charge in [-0.05, 0) is 99.9 Å². The highest BCUT2D eigenvalue weighted by atomic mass is 31.3. The fourth-order valence-corrected chi connectivity index (χ4v) is 17.2. The Labute approximate surface area is 263 Å². The molecule has 1 fully saturated rings. The Morgan fingerprint density at radius 1 is 0.341 bits per heavy atom. The van der Waals surface area contributed by atoms with Gasteiger partial charge < -0.3 is 0 Å². The lowest BCUT2D eigenvalue weighted by Gasteiger charge is -2.49. The van der Waals surface area contributed by atoms with Gasteiger partial charge in [-0.3, -0.25) is 0 Å². The van der Waals surface area contributed by atoms with Gasteiger partial charge in [-0.25, -0.2) is 0 Å². The first kappa shape index (κ1) is 29.1. The minimum Gasteiger partial charge on any atom is -0.166 e. The Hall–Kier alpha value is -3.66. The summed E-state index contributed by atoms with van der Waals surface area (Å²) < 4.78 is 10.1. The highest BCUT2D eigenvalue weighted by Crippen LogP contribution is 2.88. The minimum atomic E-state index is -2.40. The predicted octanol–water partition coefficient (Wildman–Crippen LogP) is 10.00. The maximum Gasteiger partial charge on any atom is 0.435 e. The van der Waals surface area contributed by atoms with Crippen LogP contribution in [-0.4, -0.2) is 0 Å². The van der Waals surface area contributed by atoms with E-state index in [1.807, 2.05) is 0 Å². The van der Waals surface area contributed by atoms with Crippen LogP contribution in [0.15, 0.2) is 97.6 Å². The van der Waals surface area contributed by atoms with Gasteiger partial charge >= 0.3 is 15.7 Å². The SMILES string of the molecule is Cc1cccc(C)c1N1C=CN(c2c(C)cccc2C)[P+]12N[P+]1(N2)N(c2c(C)cccc2C)C=CN1c1c(C)cccc1C. The molecule has 0 saturated carbocycles. The van der Waals surface area contributed by atoms with Crippen molar-refractivity contribution in [2.75, 3.05) is 18.7 Å². The fraction of sp³-hybridized carbons (Fsp3) is 0.222. The molecule has 0 unspecified atom stereocenters. The average Bonchev–Trinajstić information content (AvgIpc) is 3.49. The van der Waals surface area contributed by atoms with Crippen molar-refractivity contribution in [3.05, 3.63) is 142 Å². The number of hydrogen-bond acceptors (Lipinski definition) is 6. The molecular weight excluding hydrogens is 578 g/mol. The topological polar surface area (TPSA) is 37.0 Å². The summed E-state index contributed by atoms with van der Waals surface area (Å²) in [5.41, 5.74) is 15.2. The van der Waals surface area contributed by atoms with Gasteiger partial charge in [0, 0.05) is 0 Å². The maximum absolute atomic E-state index is 4.43. The van der Waals surface area contributed by atoms with Crippen LogP contribution in [0.5, 0.6) is 0 Å². The van der Waals surface area contributed by atoms with Crippen LogP contribution in [0.3, 0.4) is 0 Å². The second-order valence-electron chi connectivity index (χ2n) is 12.3. The third-order valence-electron chi connectivity index (χ3n) is 9.18. The first-order valence-corrected chi connectivity index (χ1v) is 18.7. The highest BCUT2D eigenvalue weighted by Gasteiger charge is 2.85. The average molecular weight is 621 g/mol. The summed E-state index contributed by atoms with van der Waals surface area (Å²) in [6.07, 6.45) is 9.11. The second kappa shape index (κ2) is 10.5. The normalized spacial score (nSPS) is 17.8. The molecule has 0 amide bonds. The van der Waals surface area contributed by atoms with Gasteiger partial charge in [0.1, 0.15) is 0 Å². The van der Waals surface area contributed by atoms with E-state index in [9.17, 15) is 0 Å². The van der Waals surface area contributed by atoms with Gasteiger partial charge in [-0.2, -0.15) is 18.7 Å². The van der Waals surface area contributed by atoms with Crippen molar-refractivity contribution in [3.8, 4) is 0 Å². The van der Waals surface area contributed by atoms with Crippen LogP contribution in [-0.2, 0) is 0 Å². The van der Waals surface area contributed by atoms with Crippen molar-refractivity contribution < 1.29 is 0 Å². The quantitative estimate of drug-likeness (QED) is 0.221. The van der Waals surface area contributed by atoms with E-state index in [-0.39, 0.29) is 0 Å². The summed E-state index contributed by atoms with van der Waals surface area (Å²) in [7, 11) is -4.80. The molecule has 7 rings (SSSR count). The van der Waals surface area contributed by atoms with Crippen molar-refractivity contribution in [1.29, 1.82) is 0 Å². The number of hydrogen-bond donors (Lipinski definition) is 2. The molecule has 6 nitrogen and oxygen atoms in total. The molecule has 224 valence electrons. The molecule has 8 heteroatoms. The summed E-state index contributed by atoms with van der Waals surface area (Å²) in [4.78, 5) is 8.86. The molecule has 3 aliphatic heterocycles. The van der Waals surface area contributed by atoms with Crippen LogP contribution in [0.25, 0.3) is 0 Å². The fourth-order valence-electron chi connectivity index (χ4n) is 7.17. The van der Waals surface area contributed by atoms with Crippen LogP contribution in [0.1, 0.15) is 44.5 Å². The van der Waals surface area contributed by atoms with E-state index in [0.29, 0.717) is 0 Å². The number of para-hydroxylation sites is 4. The van der Waals surface area contributed by atoms with E-state index >= 15 is 0 Å². The zero-order chi connectivity index (χ0) is 31.0. The van der Waals surface area contributed by atoms with Crippen molar-refractivity contribution in [1.82, 2.24) is 9.72 Å². The second-order valence-corrected chi connectivity index (χ2v) is 18.1. The van der Waals surface area contributed by atoms with Crippen LogP contribution < -0.4 is 28.4 Å². The first-order chi connectivity index (χ1) is 21.1. The number of nitrogens with one attached hydrogen (secondary N) is 2. The largest absolute Gasteiger partial charge is 0.435 e. The first-order valence-electron chi connectivity index (χ1n) is 15.3. The van der Waals surface area contributed by atoms with Gasteiger partial charge in [0.25, 0.3) is 0 Å². The summed E-state index contributed by atoms with van der Waals surface area (Å²) >= 11 is 0. The Morgan fingerprint density at radius 3 is 0.705 bits per heavy atom. The van der Waals surface area contributed by atoms with Crippen LogP contribution >= 0.6 is 15.7 Å². The molecule has 4 aromatic carbocycles. The molecule has 2 spiro atoms. The number of anilines is 4. The third-order valence-corrected chi connectivity index (χ3v) is 17.5. The lowest BCUT2D eigenvalue weighted by Crippen LogP contribution is -2.61. The molecule has 1 saturated heterocycles. The molecule has 0 aromatic heterocycles. The van der Waals surface area contributed by atoms with Crippen LogP contribution in [0.2, 0.25) is 0 Å². The predicted molar refractivity (Wildman–Crippen MR) is 192 cm³/mol. The number of nitrogens with zero attached hydrogens (tertiary/aromatic N) is 4. The monoisotopic (exact) mass is 620 g/mol. The summed E-state index contributed by atoms with van der Waals surface area (Å²) in [5.74, 6) is 0. The highest BCUT2D eigenvalue weighted by molar-refractivity contribution is 8.03. The van der Waals surface area contributed by atoms with Gasteiger partial charge in [0.15, 0.2) is 0 Å². The molecule has 0 atom stereocenters. The van der Waals surface area contributed by atoms with Gasteiger partial charge in [-0.15, -0.1) is 0 Å². The zero-order valence-corrected chi connectivity index (χ0v) is 28.7. The van der Waals surface area contributed by atoms with E-state index in [4.69, 9.17) is 0 Å². The lowest BCUT2D eigenvalue weighted by atomic mass is 10.1. The van der Waals surface area contributed by atoms with E-state index in [1.165, 1.54) is 67.3 Å². The summed E-state index contributed by atoms with van der Waals surface area (Å²) in [6.45, 7) is 17.8. The molecular formula is C36H42N6P2+2. The van der Waals surface area contributed by atoms with Gasteiger partial charge in [-0.1, -0.05) is 72.8 Å². The van der Waals surface area contributed by atoms with Crippen molar-refractivity contribution in [2.24, 2.45) is 0 Å². The van der Waals surface area contributed by atoms with E-state index in [1.54, 1.807) is 0 Å². The van der Waals surface area contributed by atoms with E-state index in [0.717, 1.165) is 0 Å².